The van der Waals surface area contributed by atoms with Crippen LogP contribution in [0, 0.1) is 15.9 Å². The summed E-state index contributed by atoms with van der Waals surface area (Å²) >= 11 is 1.33. The van der Waals surface area contributed by atoms with Crippen LogP contribution in [-0.4, -0.2) is 69.7 Å². The summed E-state index contributed by atoms with van der Waals surface area (Å²) in [6, 6.07) is 6.63. The van der Waals surface area contributed by atoms with Crippen molar-refractivity contribution in [2.45, 2.75) is 0 Å². The summed E-state index contributed by atoms with van der Waals surface area (Å²) in [5.74, 6) is -0.269. The second-order valence-electron chi connectivity index (χ2n) is 8.34. The predicted molar refractivity (Wildman–Crippen MR) is 135 cm³/mol. The molecule has 1 aromatic carbocycles. The van der Waals surface area contributed by atoms with E-state index in [4.69, 9.17) is 9.47 Å². The number of thiophene rings is 1. The molecule has 0 spiro atoms. The van der Waals surface area contributed by atoms with Crippen LogP contribution in [0.3, 0.4) is 0 Å². The number of ether oxygens (including phenoxy) is 2. The van der Waals surface area contributed by atoms with Crippen LogP contribution in [0.5, 0.6) is 11.5 Å². The van der Waals surface area contributed by atoms with Gasteiger partial charge in [0.1, 0.15) is 17.3 Å². The van der Waals surface area contributed by atoms with Crippen LogP contribution in [0.2, 0.25) is 0 Å². The zero-order valence-electron chi connectivity index (χ0n) is 19.8. The minimum Gasteiger partial charge on any atom is -0.453 e. The Hall–Kier alpha value is -3.94. The first-order chi connectivity index (χ1) is 17.9. The van der Waals surface area contributed by atoms with Gasteiger partial charge in [-0.15, -0.1) is 11.3 Å². The molecule has 0 saturated carbocycles. The van der Waals surface area contributed by atoms with Gasteiger partial charge in [0, 0.05) is 51.6 Å². The van der Waals surface area contributed by atoms with Crippen LogP contribution < -0.4 is 10.1 Å². The molecule has 0 radical (unpaired) electrons. The fourth-order valence-electron chi connectivity index (χ4n) is 4.00. The molecule has 5 rings (SSSR count). The Kier molecular flexibility index (Phi) is 7.08. The Labute approximate surface area is 214 Å². The zero-order chi connectivity index (χ0) is 25.9. The number of morpholine rings is 1. The fraction of sp³-hybridized carbons (Fsp3) is 0.292. The highest BCUT2D eigenvalue weighted by molar-refractivity contribution is 7.22. The molecule has 0 atom stereocenters. The summed E-state index contributed by atoms with van der Waals surface area (Å²) in [4.78, 5) is 34.8. The maximum atomic E-state index is 14.4. The van der Waals surface area contributed by atoms with Crippen LogP contribution >= 0.6 is 11.3 Å². The first kappa shape index (κ1) is 24.7. The third-order valence-electron chi connectivity index (χ3n) is 5.98. The number of rotatable bonds is 8. The van der Waals surface area contributed by atoms with Crippen molar-refractivity contribution in [3.8, 4) is 22.2 Å². The third kappa shape index (κ3) is 5.28. The van der Waals surface area contributed by atoms with Crippen LogP contribution in [0.25, 0.3) is 20.9 Å². The Morgan fingerprint density at radius 2 is 2.05 bits per heavy atom. The number of nitro benzene ring substituents is 1. The van der Waals surface area contributed by atoms with E-state index in [9.17, 15) is 19.3 Å². The molecular formula is C24H23FN6O5S. The van der Waals surface area contributed by atoms with Crippen LogP contribution in [0.4, 0.5) is 10.1 Å². The van der Waals surface area contributed by atoms with Gasteiger partial charge in [0.25, 0.3) is 11.6 Å². The van der Waals surface area contributed by atoms with E-state index in [0.29, 0.717) is 47.2 Å². The third-order valence-corrected chi connectivity index (χ3v) is 7.12. The first-order valence-corrected chi connectivity index (χ1v) is 12.3. The Bertz CT molecular complexity index is 1470. The van der Waals surface area contributed by atoms with Gasteiger partial charge in [-0.25, -0.2) is 9.37 Å². The maximum Gasteiger partial charge on any atom is 0.272 e. The average Bonchev–Trinajstić information content (AvgIpc) is 3.49. The summed E-state index contributed by atoms with van der Waals surface area (Å²) in [5, 5.41) is 13.8. The molecule has 0 aliphatic carbocycles. The van der Waals surface area contributed by atoms with Crippen LogP contribution in [-0.2, 0) is 11.8 Å². The van der Waals surface area contributed by atoms with E-state index in [1.807, 2.05) is 6.07 Å². The van der Waals surface area contributed by atoms with Gasteiger partial charge in [0.2, 0.25) is 0 Å². The Balaban J connectivity index is 1.33. The normalized spacial score (nSPS) is 14.1. The number of fused-ring (bicyclic) bond motifs is 1. The molecule has 1 saturated heterocycles. The van der Waals surface area contributed by atoms with Crippen molar-refractivity contribution >= 4 is 33.1 Å². The Morgan fingerprint density at radius 3 is 2.81 bits per heavy atom. The number of nitrogens with zero attached hydrogens (tertiary/aromatic N) is 5. The lowest BCUT2D eigenvalue weighted by Gasteiger charge is -2.26. The summed E-state index contributed by atoms with van der Waals surface area (Å²) in [6.45, 7) is 4.39. The minimum atomic E-state index is -0.843. The van der Waals surface area contributed by atoms with Gasteiger partial charge < -0.3 is 19.4 Å². The van der Waals surface area contributed by atoms with Crippen molar-refractivity contribution < 1.29 is 23.6 Å². The number of carbonyl (C=O) groups is 1. The smallest absolute Gasteiger partial charge is 0.272 e. The lowest BCUT2D eigenvalue weighted by Crippen LogP contribution is -2.41. The van der Waals surface area contributed by atoms with Gasteiger partial charge in [-0.2, -0.15) is 0 Å². The molecule has 192 valence electrons. The van der Waals surface area contributed by atoms with Crippen LogP contribution in [0.1, 0.15) is 10.5 Å². The average molecular weight is 527 g/mol. The molecule has 0 unspecified atom stereocenters. The number of amides is 1. The number of nitrogens with one attached hydrogen (secondary N) is 1. The quantitative estimate of drug-likeness (QED) is 0.273. The van der Waals surface area contributed by atoms with Gasteiger partial charge in [0.05, 0.1) is 45.5 Å². The van der Waals surface area contributed by atoms with Crippen molar-refractivity contribution in [3.63, 3.8) is 0 Å². The summed E-state index contributed by atoms with van der Waals surface area (Å²) in [7, 11) is 1.76. The molecule has 13 heteroatoms. The summed E-state index contributed by atoms with van der Waals surface area (Å²) in [5.41, 5.74) is 0.671. The monoisotopic (exact) mass is 526 g/mol. The molecule has 1 fully saturated rings. The van der Waals surface area contributed by atoms with E-state index in [-0.39, 0.29) is 17.3 Å². The van der Waals surface area contributed by atoms with Crippen molar-refractivity contribution in [2.75, 3.05) is 39.4 Å². The lowest BCUT2D eigenvalue weighted by atomic mass is 10.3. The first-order valence-electron chi connectivity index (χ1n) is 11.5. The number of aromatic nitrogens is 3. The molecule has 1 aliphatic heterocycles. The van der Waals surface area contributed by atoms with Gasteiger partial charge in [-0.3, -0.25) is 24.8 Å². The minimum absolute atomic E-state index is 0.138. The topological polar surface area (TPSA) is 125 Å². The van der Waals surface area contributed by atoms with Crippen molar-refractivity contribution in [1.29, 1.82) is 0 Å². The number of hydrogen-bond donors (Lipinski definition) is 1. The molecule has 1 amide bonds. The number of imidazole rings is 1. The standard InChI is InChI=1S/C24H23FN6O5S/c1-29-18(24(32)27-6-7-30-8-10-35-11-9-30)14-28-23(29)21-13-17-22(37-21)20(4-5-26-17)36-19-3-2-15(31(33)34)12-16(19)25/h2-5,12-14H,6-11H2,1H3,(H,27,32). The predicted octanol–water partition coefficient (Wildman–Crippen LogP) is 3.60. The van der Waals surface area contributed by atoms with Crippen LogP contribution in [0.15, 0.2) is 42.7 Å². The molecular weight excluding hydrogens is 503 g/mol. The second-order valence-corrected chi connectivity index (χ2v) is 9.40. The van der Waals surface area contributed by atoms with E-state index in [2.05, 4.69) is 20.2 Å². The molecule has 1 aliphatic rings. The molecule has 37 heavy (non-hydrogen) atoms. The number of benzene rings is 1. The van der Waals surface area contributed by atoms with E-state index >= 15 is 0 Å². The molecule has 4 heterocycles. The van der Waals surface area contributed by atoms with Crippen molar-refractivity contribution in [3.05, 3.63) is 64.4 Å². The number of halogens is 1. The SMILES string of the molecule is Cn1c(C(=O)NCCN2CCOCC2)cnc1-c1cc2nccc(Oc3ccc([N+](=O)[O-])cc3F)c2s1. The largest absolute Gasteiger partial charge is 0.453 e. The van der Waals surface area contributed by atoms with E-state index in [1.54, 1.807) is 17.7 Å². The number of non-ortho nitro benzene ring substituents is 1. The van der Waals surface area contributed by atoms with E-state index in [0.717, 1.165) is 30.6 Å². The van der Waals surface area contributed by atoms with Crippen molar-refractivity contribution in [2.24, 2.45) is 7.05 Å². The number of hydrogen-bond acceptors (Lipinski definition) is 9. The van der Waals surface area contributed by atoms with Gasteiger partial charge in [-0.05, 0) is 12.1 Å². The maximum absolute atomic E-state index is 14.4. The summed E-state index contributed by atoms with van der Waals surface area (Å²) < 4.78 is 27.8. The number of nitro groups is 1. The van der Waals surface area contributed by atoms with E-state index in [1.165, 1.54) is 35.9 Å². The van der Waals surface area contributed by atoms with Crippen molar-refractivity contribution in [1.82, 2.24) is 24.8 Å². The highest BCUT2D eigenvalue weighted by Crippen LogP contribution is 2.39. The molecule has 11 nitrogen and oxygen atoms in total. The zero-order valence-corrected chi connectivity index (χ0v) is 20.7. The summed E-state index contributed by atoms with van der Waals surface area (Å²) in [6.07, 6.45) is 3.06. The molecule has 1 N–H and O–H groups in total. The highest BCUT2D eigenvalue weighted by atomic mass is 32.1. The fourth-order valence-corrected chi connectivity index (χ4v) is 5.10. The van der Waals surface area contributed by atoms with Gasteiger partial charge in [0.15, 0.2) is 11.6 Å². The number of pyridine rings is 1. The number of carbonyl (C=O) groups excluding carboxylic acids is 1. The lowest BCUT2D eigenvalue weighted by molar-refractivity contribution is -0.385. The van der Waals surface area contributed by atoms with Gasteiger partial charge >= 0.3 is 0 Å². The second kappa shape index (κ2) is 10.6. The molecule has 3 aromatic heterocycles. The highest BCUT2D eigenvalue weighted by Gasteiger charge is 2.20. The molecule has 4 aromatic rings. The molecule has 0 bridgehead atoms. The van der Waals surface area contributed by atoms with Gasteiger partial charge in [-0.1, -0.05) is 0 Å². The Morgan fingerprint density at radius 1 is 1.24 bits per heavy atom. The van der Waals surface area contributed by atoms with E-state index < -0.39 is 10.7 Å².